The Morgan fingerprint density at radius 3 is 2.53 bits per heavy atom. The van der Waals surface area contributed by atoms with Gasteiger partial charge in [0.05, 0.1) is 5.41 Å². The third-order valence-electron chi connectivity index (χ3n) is 4.52. The number of likely N-dealkylation sites (N-methyl/N-ethyl adjacent to an activating group) is 1. The van der Waals surface area contributed by atoms with Crippen LogP contribution in [-0.2, 0) is 9.59 Å². The lowest BCUT2D eigenvalue weighted by atomic mass is 9.71. The molecule has 2 fully saturated rings. The quantitative estimate of drug-likeness (QED) is 0.804. The summed E-state index contributed by atoms with van der Waals surface area (Å²) in [7, 11) is 2.03. The van der Waals surface area contributed by atoms with Crippen LogP contribution in [0.2, 0.25) is 0 Å². The van der Waals surface area contributed by atoms with Gasteiger partial charge in [-0.3, -0.25) is 9.59 Å². The molecule has 1 heterocycles. The molecule has 0 aromatic heterocycles. The number of nitrogens with zero attached hydrogens (tertiary/aromatic N) is 1. The number of aliphatic carboxylic acids is 1. The molecule has 1 amide bonds. The van der Waals surface area contributed by atoms with Crippen molar-refractivity contribution in [1.29, 1.82) is 0 Å². The molecular formula is C14H24N2O3. The molecule has 0 spiro atoms. The van der Waals surface area contributed by atoms with Crippen LogP contribution >= 0.6 is 0 Å². The highest BCUT2D eigenvalue weighted by Gasteiger charge is 2.41. The molecule has 0 radical (unpaired) electrons. The minimum absolute atomic E-state index is 0.0930. The van der Waals surface area contributed by atoms with Crippen LogP contribution in [0.4, 0.5) is 0 Å². The van der Waals surface area contributed by atoms with Crippen LogP contribution in [0.15, 0.2) is 0 Å². The van der Waals surface area contributed by atoms with Gasteiger partial charge in [0.2, 0.25) is 5.91 Å². The van der Waals surface area contributed by atoms with Gasteiger partial charge in [0.1, 0.15) is 0 Å². The first-order chi connectivity index (χ1) is 9.02. The second-order valence-corrected chi connectivity index (χ2v) is 6.14. The second kappa shape index (κ2) is 5.90. The molecule has 108 valence electrons. The Bertz CT molecular complexity index is 351. The molecule has 1 aliphatic heterocycles. The van der Waals surface area contributed by atoms with Gasteiger partial charge in [-0.05, 0) is 32.9 Å². The zero-order valence-corrected chi connectivity index (χ0v) is 11.7. The van der Waals surface area contributed by atoms with Crippen molar-refractivity contribution in [3.8, 4) is 0 Å². The number of nitrogens with one attached hydrogen (secondary N) is 1. The van der Waals surface area contributed by atoms with E-state index in [-0.39, 0.29) is 18.4 Å². The van der Waals surface area contributed by atoms with Crippen LogP contribution in [0, 0.1) is 5.41 Å². The lowest BCUT2D eigenvalue weighted by Crippen LogP contribution is -2.43. The van der Waals surface area contributed by atoms with E-state index in [1.165, 1.54) is 0 Å². The van der Waals surface area contributed by atoms with Gasteiger partial charge < -0.3 is 15.3 Å². The average Bonchev–Trinajstić information content (AvgIpc) is 2.75. The van der Waals surface area contributed by atoms with Crippen LogP contribution in [0.3, 0.4) is 0 Å². The first kappa shape index (κ1) is 14.3. The van der Waals surface area contributed by atoms with E-state index in [0.717, 1.165) is 38.8 Å². The number of hydrogen-bond acceptors (Lipinski definition) is 3. The molecule has 1 atom stereocenters. The van der Waals surface area contributed by atoms with Gasteiger partial charge in [-0.25, -0.2) is 0 Å². The lowest BCUT2D eigenvalue weighted by molar-refractivity contribution is -0.154. The average molecular weight is 268 g/mol. The lowest BCUT2D eigenvalue weighted by Gasteiger charge is -2.32. The maximum Gasteiger partial charge on any atom is 0.310 e. The van der Waals surface area contributed by atoms with Gasteiger partial charge in [0.25, 0.3) is 0 Å². The molecule has 1 unspecified atom stereocenters. The van der Waals surface area contributed by atoms with Gasteiger partial charge in [0.15, 0.2) is 0 Å². The molecule has 1 aliphatic carbocycles. The number of carboxylic acids is 1. The van der Waals surface area contributed by atoms with Crippen LogP contribution in [0.1, 0.15) is 44.9 Å². The number of amides is 1. The highest BCUT2D eigenvalue weighted by atomic mass is 16.4. The highest BCUT2D eigenvalue weighted by molar-refractivity contribution is 5.85. The SMILES string of the molecule is CN1CCC(NC(=O)CC2(C(=O)O)CCCCC2)C1. The maximum absolute atomic E-state index is 12.1. The summed E-state index contributed by atoms with van der Waals surface area (Å²) < 4.78 is 0. The first-order valence-electron chi connectivity index (χ1n) is 7.23. The zero-order chi connectivity index (χ0) is 13.9. The number of carboxylic acid groups (broad SMARTS) is 1. The Balaban J connectivity index is 1.90. The summed E-state index contributed by atoms with van der Waals surface area (Å²) in [6, 6.07) is 0.187. The molecule has 0 aromatic carbocycles. The van der Waals surface area contributed by atoms with Crippen molar-refractivity contribution < 1.29 is 14.7 Å². The molecule has 0 aromatic rings. The molecule has 2 aliphatic rings. The summed E-state index contributed by atoms with van der Waals surface area (Å²) in [6.07, 6.45) is 5.31. The largest absolute Gasteiger partial charge is 0.481 e. The fourth-order valence-corrected chi connectivity index (χ4v) is 3.33. The summed E-state index contributed by atoms with van der Waals surface area (Å²) in [5.41, 5.74) is -0.813. The van der Waals surface area contributed by atoms with Crippen LogP contribution in [-0.4, -0.2) is 48.1 Å². The van der Waals surface area contributed by atoms with Gasteiger partial charge in [0, 0.05) is 19.0 Å². The van der Waals surface area contributed by atoms with E-state index >= 15 is 0 Å². The predicted octanol–water partition coefficient (Wildman–Crippen LogP) is 1.23. The van der Waals surface area contributed by atoms with Gasteiger partial charge in [-0.1, -0.05) is 19.3 Å². The minimum Gasteiger partial charge on any atom is -0.481 e. The van der Waals surface area contributed by atoms with Crippen LogP contribution in [0.5, 0.6) is 0 Å². The van der Waals surface area contributed by atoms with Crippen molar-refractivity contribution in [3.05, 3.63) is 0 Å². The summed E-state index contributed by atoms with van der Waals surface area (Å²) in [6.45, 7) is 1.86. The van der Waals surface area contributed by atoms with E-state index in [1.807, 2.05) is 7.05 Å². The van der Waals surface area contributed by atoms with Crippen molar-refractivity contribution in [1.82, 2.24) is 10.2 Å². The molecule has 2 N–H and O–H groups in total. The summed E-state index contributed by atoms with van der Waals surface area (Å²) in [5.74, 6) is -0.893. The van der Waals surface area contributed by atoms with E-state index in [9.17, 15) is 14.7 Å². The third-order valence-corrected chi connectivity index (χ3v) is 4.52. The Morgan fingerprint density at radius 2 is 2.00 bits per heavy atom. The van der Waals surface area contributed by atoms with Crippen molar-refractivity contribution in [3.63, 3.8) is 0 Å². The number of carbonyl (C=O) groups excluding carboxylic acids is 1. The monoisotopic (exact) mass is 268 g/mol. The highest BCUT2D eigenvalue weighted by Crippen LogP contribution is 2.39. The number of carbonyl (C=O) groups is 2. The number of hydrogen-bond donors (Lipinski definition) is 2. The standard InChI is InChI=1S/C14H24N2O3/c1-16-8-5-11(10-16)15-12(17)9-14(13(18)19)6-3-2-4-7-14/h11H,2-10H2,1H3,(H,15,17)(H,18,19). The third kappa shape index (κ3) is 3.47. The zero-order valence-electron chi connectivity index (χ0n) is 11.7. The first-order valence-corrected chi connectivity index (χ1v) is 7.23. The smallest absolute Gasteiger partial charge is 0.310 e. The molecule has 0 bridgehead atoms. The molecular weight excluding hydrogens is 244 g/mol. The van der Waals surface area contributed by atoms with Crippen molar-refractivity contribution in [2.75, 3.05) is 20.1 Å². The fraction of sp³-hybridized carbons (Fsp3) is 0.857. The van der Waals surface area contributed by atoms with E-state index in [1.54, 1.807) is 0 Å². The van der Waals surface area contributed by atoms with Crippen molar-refractivity contribution >= 4 is 11.9 Å². The summed E-state index contributed by atoms with van der Waals surface area (Å²) in [5, 5.41) is 12.4. The van der Waals surface area contributed by atoms with Crippen molar-refractivity contribution in [2.45, 2.75) is 51.0 Å². The molecule has 1 saturated heterocycles. The molecule has 19 heavy (non-hydrogen) atoms. The normalized spacial score (nSPS) is 27.1. The summed E-state index contributed by atoms with van der Waals surface area (Å²) >= 11 is 0. The second-order valence-electron chi connectivity index (χ2n) is 6.14. The molecule has 1 saturated carbocycles. The van der Waals surface area contributed by atoms with E-state index < -0.39 is 11.4 Å². The Morgan fingerprint density at radius 1 is 1.32 bits per heavy atom. The van der Waals surface area contributed by atoms with Gasteiger partial charge >= 0.3 is 5.97 Å². The van der Waals surface area contributed by atoms with E-state index in [4.69, 9.17) is 0 Å². The van der Waals surface area contributed by atoms with E-state index in [0.29, 0.717) is 12.8 Å². The molecule has 5 heteroatoms. The minimum atomic E-state index is -0.813. The van der Waals surface area contributed by atoms with Gasteiger partial charge in [-0.2, -0.15) is 0 Å². The number of likely N-dealkylation sites (tertiary alicyclic amines) is 1. The predicted molar refractivity (Wildman–Crippen MR) is 71.8 cm³/mol. The van der Waals surface area contributed by atoms with Crippen LogP contribution < -0.4 is 5.32 Å². The molecule has 2 rings (SSSR count). The molecule has 5 nitrogen and oxygen atoms in total. The summed E-state index contributed by atoms with van der Waals surface area (Å²) in [4.78, 5) is 25.8. The Labute approximate surface area is 114 Å². The van der Waals surface area contributed by atoms with Crippen molar-refractivity contribution in [2.24, 2.45) is 5.41 Å². The van der Waals surface area contributed by atoms with Crippen LogP contribution in [0.25, 0.3) is 0 Å². The Hall–Kier alpha value is -1.10. The topological polar surface area (TPSA) is 69.6 Å². The van der Waals surface area contributed by atoms with Gasteiger partial charge in [-0.15, -0.1) is 0 Å². The Kier molecular flexibility index (Phi) is 4.45. The number of rotatable bonds is 4. The maximum atomic E-state index is 12.1. The van der Waals surface area contributed by atoms with E-state index in [2.05, 4.69) is 10.2 Å². The fourth-order valence-electron chi connectivity index (χ4n) is 3.33.